The molecule has 0 radical (unpaired) electrons. The molecule has 2 heterocycles. The maximum absolute atomic E-state index is 4.16. The third kappa shape index (κ3) is 2.73. The van der Waals surface area contributed by atoms with Crippen LogP contribution in [0.25, 0.3) is 0 Å². The Morgan fingerprint density at radius 2 is 2.29 bits per heavy atom. The minimum absolute atomic E-state index is 0.409. The van der Waals surface area contributed by atoms with Crippen LogP contribution in [0.4, 0.5) is 0 Å². The summed E-state index contributed by atoms with van der Waals surface area (Å²) >= 11 is 1.79. The van der Waals surface area contributed by atoms with Gasteiger partial charge < -0.3 is 9.88 Å². The van der Waals surface area contributed by atoms with E-state index >= 15 is 0 Å². The van der Waals surface area contributed by atoms with E-state index in [1.54, 1.807) is 11.3 Å². The molecule has 0 aliphatic heterocycles. The molecule has 92 valence electrons. The van der Waals surface area contributed by atoms with Crippen LogP contribution in [0.5, 0.6) is 0 Å². The van der Waals surface area contributed by atoms with Crippen molar-refractivity contribution in [2.45, 2.75) is 32.9 Å². The maximum atomic E-state index is 4.16. The summed E-state index contributed by atoms with van der Waals surface area (Å²) in [5.41, 5.74) is 0. The number of hydrogen-bond donors (Lipinski definition) is 1. The van der Waals surface area contributed by atoms with E-state index in [4.69, 9.17) is 0 Å². The van der Waals surface area contributed by atoms with Crippen LogP contribution < -0.4 is 5.32 Å². The highest BCUT2D eigenvalue weighted by Gasteiger charge is 2.11. The molecular weight excluding hydrogens is 232 g/mol. The Kier molecular flexibility index (Phi) is 3.91. The molecule has 1 unspecified atom stereocenters. The molecule has 4 nitrogen and oxygen atoms in total. The zero-order valence-corrected chi connectivity index (χ0v) is 11.3. The lowest BCUT2D eigenvalue weighted by Crippen LogP contribution is -2.21. The zero-order chi connectivity index (χ0) is 12.3. The van der Waals surface area contributed by atoms with Gasteiger partial charge in [-0.2, -0.15) is 0 Å². The molecule has 2 aromatic heterocycles. The van der Waals surface area contributed by atoms with E-state index in [2.05, 4.69) is 40.0 Å². The summed E-state index contributed by atoms with van der Waals surface area (Å²) < 4.78 is 2.02. The predicted molar refractivity (Wildman–Crippen MR) is 69.9 cm³/mol. The highest BCUT2D eigenvalue weighted by Crippen LogP contribution is 2.21. The lowest BCUT2D eigenvalue weighted by Gasteiger charge is -2.14. The summed E-state index contributed by atoms with van der Waals surface area (Å²) in [4.78, 5) is 1.38. The van der Waals surface area contributed by atoms with Crippen molar-refractivity contribution in [3.63, 3.8) is 0 Å². The van der Waals surface area contributed by atoms with Crippen LogP contribution in [-0.2, 0) is 13.6 Å². The summed E-state index contributed by atoms with van der Waals surface area (Å²) in [7, 11) is 2.00. The van der Waals surface area contributed by atoms with Gasteiger partial charge >= 0.3 is 0 Å². The summed E-state index contributed by atoms with van der Waals surface area (Å²) in [6.07, 6.45) is 1.08. The Balaban J connectivity index is 1.99. The highest BCUT2D eigenvalue weighted by atomic mass is 32.1. The second kappa shape index (κ2) is 5.42. The number of nitrogens with one attached hydrogen (secondary N) is 1. The number of nitrogens with zero attached hydrogens (tertiary/aromatic N) is 3. The summed E-state index contributed by atoms with van der Waals surface area (Å²) in [5.74, 6) is 1.93. The monoisotopic (exact) mass is 250 g/mol. The molecule has 0 aliphatic carbocycles. The molecule has 0 saturated heterocycles. The van der Waals surface area contributed by atoms with Crippen LogP contribution in [0.2, 0.25) is 0 Å². The van der Waals surface area contributed by atoms with E-state index in [1.807, 2.05) is 18.5 Å². The maximum Gasteiger partial charge on any atom is 0.146 e. The van der Waals surface area contributed by atoms with Gasteiger partial charge in [-0.05, 0) is 24.8 Å². The van der Waals surface area contributed by atoms with Crippen molar-refractivity contribution >= 4 is 11.3 Å². The van der Waals surface area contributed by atoms with Gasteiger partial charge in [-0.3, -0.25) is 0 Å². The molecular formula is C12H18N4S. The molecule has 1 N–H and O–H groups in total. The first-order valence-corrected chi connectivity index (χ1v) is 6.72. The van der Waals surface area contributed by atoms with Gasteiger partial charge in [0, 0.05) is 18.0 Å². The zero-order valence-electron chi connectivity index (χ0n) is 10.5. The number of rotatable bonds is 5. The SMILES string of the molecule is CCC(NCc1nnc(C)n1C)c1cccs1. The summed E-state index contributed by atoms with van der Waals surface area (Å²) in [5, 5.41) is 13.9. The average Bonchev–Trinajstić information content (AvgIpc) is 2.95. The third-order valence-electron chi connectivity index (χ3n) is 2.98. The molecule has 0 saturated carbocycles. The van der Waals surface area contributed by atoms with Crippen molar-refractivity contribution in [1.29, 1.82) is 0 Å². The Morgan fingerprint density at radius 3 is 2.82 bits per heavy atom. The number of thiophene rings is 1. The minimum Gasteiger partial charge on any atom is -0.317 e. The van der Waals surface area contributed by atoms with Crippen LogP contribution in [0, 0.1) is 6.92 Å². The van der Waals surface area contributed by atoms with Crippen LogP contribution >= 0.6 is 11.3 Å². The minimum atomic E-state index is 0.409. The van der Waals surface area contributed by atoms with Crippen LogP contribution in [0.15, 0.2) is 17.5 Å². The van der Waals surface area contributed by atoms with E-state index in [1.165, 1.54) is 4.88 Å². The standard InChI is InChI=1S/C12H18N4S/c1-4-10(11-6-5-7-17-11)13-8-12-15-14-9(2)16(12)3/h5-7,10,13H,4,8H2,1-3H3. The second-order valence-corrected chi connectivity index (χ2v) is 5.06. The van der Waals surface area contributed by atoms with Crippen LogP contribution in [-0.4, -0.2) is 14.8 Å². The Morgan fingerprint density at radius 1 is 1.47 bits per heavy atom. The molecule has 5 heteroatoms. The lowest BCUT2D eigenvalue weighted by molar-refractivity contribution is 0.507. The quantitative estimate of drug-likeness (QED) is 0.886. The summed E-state index contributed by atoms with van der Waals surface area (Å²) in [6, 6.07) is 4.68. The van der Waals surface area contributed by atoms with Crippen molar-refractivity contribution in [2.24, 2.45) is 7.05 Å². The molecule has 0 spiro atoms. The van der Waals surface area contributed by atoms with Gasteiger partial charge in [-0.1, -0.05) is 13.0 Å². The van der Waals surface area contributed by atoms with Gasteiger partial charge in [0.15, 0.2) is 0 Å². The van der Waals surface area contributed by atoms with E-state index < -0.39 is 0 Å². The van der Waals surface area contributed by atoms with Gasteiger partial charge in [-0.15, -0.1) is 21.5 Å². The fourth-order valence-electron chi connectivity index (χ4n) is 1.76. The molecule has 1 atom stereocenters. The van der Waals surface area contributed by atoms with Crippen LogP contribution in [0.1, 0.15) is 35.9 Å². The van der Waals surface area contributed by atoms with E-state index in [0.717, 1.165) is 24.6 Å². The Hall–Kier alpha value is -1.20. The van der Waals surface area contributed by atoms with E-state index in [-0.39, 0.29) is 0 Å². The first-order valence-electron chi connectivity index (χ1n) is 5.84. The Bertz CT molecular complexity index is 461. The topological polar surface area (TPSA) is 42.7 Å². The van der Waals surface area contributed by atoms with Gasteiger partial charge in [0.05, 0.1) is 6.54 Å². The normalized spacial score (nSPS) is 12.9. The van der Waals surface area contributed by atoms with Gasteiger partial charge in [0.2, 0.25) is 0 Å². The third-order valence-corrected chi connectivity index (χ3v) is 3.97. The van der Waals surface area contributed by atoms with Crippen molar-refractivity contribution < 1.29 is 0 Å². The highest BCUT2D eigenvalue weighted by molar-refractivity contribution is 7.10. The molecule has 2 aromatic rings. The molecule has 0 aromatic carbocycles. The van der Waals surface area contributed by atoms with Crippen molar-refractivity contribution in [3.8, 4) is 0 Å². The molecule has 0 fully saturated rings. The van der Waals surface area contributed by atoms with E-state index in [0.29, 0.717) is 6.04 Å². The molecule has 17 heavy (non-hydrogen) atoms. The van der Waals surface area contributed by atoms with Crippen molar-refractivity contribution in [2.75, 3.05) is 0 Å². The number of aryl methyl sites for hydroxylation is 1. The van der Waals surface area contributed by atoms with Gasteiger partial charge in [0.25, 0.3) is 0 Å². The number of aromatic nitrogens is 3. The van der Waals surface area contributed by atoms with Gasteiger partial charge in [-0.25, -0.2) is 0 Å². The molecule has 0 amide bonds. The van der Waals surface area contributed by atoms with Crippen molar-refractivity contribution in [3.05, 3.63) is 34.0 Å². The first-order chi connectivity index (χ1) is 8.22. The first kappa shape index (κ1) is 12.3. The molecule has 0 bridgehead atoms. The molecule has 0 aliphatic rings. The lowest BCUT2D eigenvalue weighted by atomic mass is 10.2. The van der Waals surface area contributed by atoms with Crippen molar-refractivity contribution in [1.82, 2.24) is 20.1 Å². The summed E-state index contributed by atoms with van der Waals surface area (Å²) in [6.45, 7) is 4.92. The largest absolute Gasteiger partial charge is 0.317 e. The Labute approximate surface area is 106 Å². The second-order valence-electron chi connectivity index (χ2n) is 4.08. The number of hydrogen-bond acceptors (Lipinski definition) is 4. The van der Waals surface area contributed by atoms with Crippen LogP contribution in [0.3, 0.4) is 0 Å². The fraction of sp³-hybridized carbons (Fsp3) is 0.500. The van der Waals surface area contributed by atoms with Gasteiger partial charge in [0.1, 0.15) is 11.6 Å². The smallest absolute Gasteiger partial charge is 0.146 e. The average molecular weight is 250 g/mol. The van der Waals surface area contributed by atoms with E-state index in [9.17, 15) is 0 Å². The fourth-order valence-corrected chi connectivity index (χ4v) is 2.64. The molecule has 2 rings (SSSR count). The predicted octanol–water partition coefficient (Wildman–Crippen LogP) is 2.43.